The van der Waals surface area contributed by atoms with Crippen LogP contribution in [0.25, 0.3) is 5.69 Å². The molecule has 0 aliphatic carbocycles. The Kier molecular flexibility index (Phi) is 8.34. The van der Waals surface area contributed by atoms with Crippen LogP contribution in [0.2, 0.25) is 18.1 Å². The van der Waals surface area contributed by atoms with Crippen LogP contribution in [0, 0.1) is 6.92 Å². The fraction of sp³-hybridized carbons (Fsp3) is 0.303. The summed E-state index contributed by atoms with van der Waals surface area (Å²) >= 11 is 6.21. The number of hydrogen-bond donors (Lipinski definition) is 2. The second-order valence-corrected chi connectivity index (χ2v) is 16.1. The largest absolute Gasteiger partial charge is 0.497 e. The predicted molar refractivity (Wildman–Crippen MR) is 175 cm³/mol. The smallest absolute Gasteiger partial charge is 0.251 e. The van der Waals surface area contributed by atoms with Crippen LogP contribution in [0.15, 0.2) is 71.7 Å². The van der Waals surface area contributed by atoms with E-state index in [1.54, 1.807) is 30.2 Å². The third-order valence-electron chi connectivity index (χ3n) is 8.33. The van der Waals surface area contributed by atoms with Gasteiger partial charge in [-0.2, -0.15) is 0 Å². The number of aromatic nitrogens is 3. The van der Waals surface area contributed by atoms with E-state index in [0.29, 0.717) is 53.2 Å². The first-order valence-corrected chi connectivity index (χ1v) is 18.2. The first-order valence-electron chi connectivity index (χ1n) is 14.9. The molecule has 6 rings (SSSR count). The monoisotopic (exact) mass is 642 g/mol. The summed E-state index contributed by atoms with van der Waals surface area (Å²) in [6.07, 6.45) is 0.723. The first kappa shape index (κ1) is 30.7. The number of halogens is 1. The molecule has 2 aliphatic rings. The molecule has 2 aliphatic heterocycles. The Morgan fingerprint density at radius 1 is 1.09 bits per heavy atom. The SMILES string of the molecule is COc1ccc2c(c1)C(c1ccc(Cl)cc1)=N[C@@H](CC(=O)N1CCC(NC(=O)c3cccc([Si](C)(C)O)c3)C1)c1nnc(C)n1-2. The quantitative estimate of drug-likeness (QED) is 0.295. The zero-order valence-corrected chi connectivity index (χ0v) is 27.4. The zero-order valence-electron chi connectivity index (χ0n) is 25.6. The number of aliphatic imine (C=N–C) groups is 1. The average Bonchev–Trinajstić information content (AvgIpc) is 3.62. The number of hydrogen-bond acceptors (Lipinski definition) is 7. The van der Waals surface area contributed by atoms with Gasteiger partial charge in [0.15, 0.2) is 5.82 Å². The number of carbonyl (C=O) groups is 2. The molecule has 45 heavy (non-hydrogen) atoms. The average molecular weight is 643 g/mol. The molecule has 1 saturated heterocycles. The van der Waals surface area contributed by atoms with Gasteiger partial charge in [-0.25, -0.2) is 0 Å². The van der Waals surface area contributed by atoms with Crippen LogP contribution in [0.4, 0.5) is 0 Å². The number of fused-ring (bicyclic) bond motifs is 3. The summed E-state index contributed by atoms with van der Waals surface area (Å²) in [4.78, 5) is 44.3. The lowest BCUT2D eigenvalue weighted by Crippen LogP contribution is -2.42. The van der Waals surface area contributed by atoms with E-state index in [9.17, 15) is 14.4 Å². The van der Waals surface area contributed by atoms with Gasteiger partial charge in [0.25, 0.3) is 5.91 Å². The molecule has 2 amide bonds. The van der Waals surface area contributed by atoms with Crippen LogP contribution in [0.5, 0.6) is 5.75 Å². The Labute approximate surface area is 267 Å². The second kappa shape index (κ2) is 12.2. The standard InChI is InChI=1S/C33H35ClN6O4Si/c1-20-37-38-32-28(36-31(21-8-10-23(34)11-9-21)27-17-25(44-2)12-13-29(27)40(20)32)18-30(41)39-15-14-24(19-39)35-33(42)22-6-5-7-26(16-22)45(3,4)43/h5-13,16-17,24,28,43H,14-15,18-19H2,1-4H3,(H,35,42)/t24?,28-/m0/s1. The lowest BCUT2D eigenvalue weighted by atomic mass is 10.00. The summed E-state index contributed by atoms with van der Waals surface area (Å²) in [5.74, 6) is 1.64. The van der Waals surface area contributed by atoms with Crippen molar-refractivity contribution in [2.24, 2.45) is 4.99 Å². The van der Waals surface area contributed by atoms with Crippen molar-refractivity contribution >= 4 is 42.6 Å². The Balaban J connectivity index is 1.25. The van der Waals surface area contributed by atoms with E-state index in [2.05, 4.69) is 15.5 Å². The van der Waals surface area contributed by atoms with Crippen molar-refractivity contribution in [3.63, 3.8) is 0 Å². The number of benzene rings is 3. The molecule has 0 bridgehead atoms. The van der Waals surface area contributed by atoms with Gasteiger partial charge in [0.1, 0.15) is 17.6 Å². The molecular weight excluding hydrogens is 608 g/mol. The molecule has 3 aromatic carbocycles. The van der Waals surface area contributed by atoms with Crippen LogP contribution in [0.3, 0.4) is 0 Å². The maximum Gasteiger partial charge on any atom is 0.251 e. The number of nitrogens with zero attached hydrogens (tertiary/aromatic N) is 5. The lowest BCUT2D eigenvalue weighted by Gasteiger charge is -2.20. The summed E-state index contributed by atoms with van der Waals surface area (Å²) in [6.45, 7) is 6.43. The molecule has 2 atom stereocenters. The molecule has 232 valence electrons. The van der Waals surface area contributed by atoms with Gasteiger partial charge in [-0.3, -0.25) is 19.1 Å². The summed E-state index contributed by atoms with van der Waals surface area (Å²) < 4.78 is 7.51. The fourth-order valence-electron chi connectivity index (χ4n) is 5.89. The van der Waals surface area contributed by atoms with E-state index >= 15 is 0 Å². The summed E-state index contributed by atoms with van der Waals surface area (Å²) in [5, 5.41) is 13.3. The van der Waals surface area contributed by atoms with Gasteiger partial charge in [0.2, 0.25) is 14.2 Å². The third-order valence-corrected chi connectivity index (χ3v) is 10.3. The number of carbonyl (C=O) groups excluding carboxylic acids is 2. The number of likely N-dealkylation sites (tertiary alicyclic amines) is 1. The van der Waals surface area contributed by atoms with E-state index in [0.717, 1.165) is 22.0 Å². The van der Waals surface area contributed by atoms with Crippen molar-refractivity contribution < 1.29 is 19.1 Å². The normalized spacial score (nSPS) is 17.6. The van der Waals surface area contributed by atoms with Crippen LogP contribution in [0.1, 0.15) is 52.0 Å². The Hall–Kier alpha value is -4.32. The minimum atomic E-state index is -2.55. The van der Waals surface area contributed by atoms with Gasteiger partial charge in [-0.1, -0.05) is 35.9 Å². The van der Waals surface area contributed by atoms with Crippen molar-refractivity contribution in [3.8, 4) is 11.4 Å². The zero-order chi connectivity index (χ0) is 31.9. The summed E-state index contributed by atoms with van der Waals surface area (Å²) in [5.41, 5.74) is 3.72. The van der Waals surface area contributed by atoms with Gasteiger partial charge >= 0.3 is 0 Å². The number of amides is 2. The van der Waals surface area contributed by atoms with Gasteiger partial charge in [0.05, 0.1) is 24.9 Å². The van der Waals surface area contributed by atoms with Gasteiger partial charge in [-0.15, -0.1) is 10.2 Å². The third kappa shape index (κ3) is 6.28. The van der Waals surface area contributed by atoms with Gasteiger partial charge in [0, 0.05) is 40.8 Å². The van der Waals surface area contributed by atoms with E-state index in [-0.39, 0.29) is 24.3 Å². The molecule has 1 aromatic heterocycles. The molecule has 4 aromatic rings. The minimum absolute atomic E-state index is 0.0817. The fourth-order valence-corrected chi connectivity index (χ4v) is 7.02. The molecular formula is C33H35ClN6O4Si. The maximum atomic E-state index is 13.8. The maximum absolute atomic E-state index is 13.8. The highest BCUT2D eigenvalue weighted by atomic mass is 35.5. The molecule has 2 N–H and O–H groups in total. The van der Waals surface area contributed by atoms with Gasteiger partial charge in [-0.05, 0) is 74.1 Å². The highest BCUT2D eigenvalue weighted by Gasteiger charge is 2.34. The van der Waals surface area contributed by atoms with E-state index in [4.69, 9.17) is 21.3 Å². The van der Waals surface area contributed by atoms with Crippen molar-refractivity contribution in [3.05, 3.63) is 100 Å². The van der Waals surface area contributed by atoms with Crippen LogP contribution >= 0.6 is 11.6 Å². The van der Waals surface area contributed by atoms with Crippen LogP contribution < -0.4 is 15.2 Å². The van der Waals surface area contributed by atoms with Crippen LogP contribution in [-0.4, -0.2) is 76.5 Å². The summed E-state index contributed by atoms with van der Waals surface area (Å²) in [6, 6.07) is 19.6. The topological polar surface area (TPSA) is 122 Å². The molecule has 3 heterocycles. The second-order valence-electron chi connectivity index (χ2n) is 12.0. The highest BCUT2D eigenvalue weighted by molar-refractivity contribution is 6.83. The van der Waals surface area contributed by atoms with E-state index < -0.39 is 14.4 Å². The number of methoxy groups -OCH3 is 1. The highest BCUT2D eigenvalue weighted by Crippen LogP contribution is 2.35. The number of rotatable bonds is 7. The molecule has 1 fully saturated rings. The Bertz CT molecular complexity index is 1800. The number of aryl methyl sites for hydroxylation is 1. The number of ether oxygens (including phenoxy) is 1. The summed E-state index contributed by atoms with van der Waals surface area (Å²) in [7, 11) is -0.932. The molecule has 0 saturated carbocycles. The van der Waals surface area contributed by atoms with Crippen molar-refractivity contribution in [2.45, 2.75) is 44.9 Å². The minimum Gasteiger partial charge on any atom is -0.497 e. The Morgan fingerprint density at radius 3 is 2.60 bits per heavy atom. The van der Waals surface area contributed by atoms with Crippen molar-refractivity contribution in [2.75, 3.05) is 20.2 Å². The van der Waals surface area contributed by atoms with Crippen LogP contribution in [-0.2, 0) is 4.79 Å². The molecule has 1 unspecified atom stereocenters. The van der Waals surface area contributed by atoms with E-state index in [1.165, 1.54) is 0 Å². The van der Waals surface area contributed by atoms with Gasteiger partial charge < -0.3 is 19.7 Å². The van der Waals surface area contributed by atoms with Crippen molar-refractivity contribution in [1.29, 1.82) is 0 Å². The lowest BCUT2D eigenvalue weighted by molar-refractivity contribution is -0.130. The van der Waals surface area contributed by atoms with Crippen molar-refractivity contribution in [1.82, 2.24) is 25.0 Å². The predicted octanol–water partition coefficient (Wildman–Crippen LogP) is 3.96. The molecule has 0 radical (unpaired) electrons. The molecule has 10 nitrogen and oxygen atoms in total. The van der Waals surface area contributed by atoms with E-state index in [1.807, 2.05) is 73.1 Å². The Morgan fingerprint density at radius 2 is 1.87 bits per heavy atom. The first-order chi connectivity index (χ1) is 21.5. The number of nitrogens with one attached hydrogen (secondary N) is 1. The molecule has 0 spiro atoms. The molecule has 12 heteroatoms.